The molecular weight excluding hydrogens is 250 g/mol. The molecule has 1 N–H and O–H groups in total. The fourth-order valence-electron chi connectivity index (χ4n) is 2.75. The highest BCUT2D eigenvalue weighted by Crippen LogP contribution is 2.17. The van der Waals surface area contributed by atoms with E-state index >= 15 is 0 Å². The third-order valence-corrected chi connectivity index (χ3v) is 3.81. The summed E-state index contributed by atoms with van der Waals surface area (Å²) in [6, 6.07) is 11.0. The molecule has 2 aromatic rings. The molecular formula is C15H21N5. The molecule has 1 aliphatic rings. The molecule has 3 rings (SSSR count). The van der Waals surface area contributed by atoms with Crippen molar-refractivity contribution in [3.63, 3.8) is 0 Å². The van der Waals surface area contributed by atoms with Gasteiger partial charge in [-0.15, -0.1) is 10.2 Å². The Hall–Kier alpha value is -1.72. The highest BCUT2D eigenvalue weighted by Gasteiger charge is 2.21. The average Bonchev–Trinajstić information content (AvgIpc) is 2.95. The second-order valence-electron chi connectivity index (χ2n) is 5.20. The lowest BCUT2D eigenvalue weighted by molar-refractivity contribution is 0.195. The van der Waals surface area contributed by atoms with Crippen molar-refractivity contribution >= 4 is 0 Å². The summed E-state index contributed by atoms with van der Waals surface area (Å²) in [6.07, 6.45) is 1.83. The Kier molecular flexibility index (Phi) is 4.08. The molecule has 106 valence electrons. The first kappa shape index (κ1) is 13.3. The molecule has 0 saturated carbocycles. The SMILES string of the molecule is CCNC(CN1CCn2cnnc2C1)c1ccccc1. The fraction of sp³-hybridized carbons (Fsp3) is 0.467. The van der Waals surface area contributed by atoms with Gasteiger partial charge in [-0.2, -0.15) is 0 Å². The van der Waals surface area contributed by atoms with E-state index < -0.39 is 0 Å². The van der Waals surface area contributed by atoms with Gasteiger partial charge in [0.2, 0.25) is 0 Å². The van der Waals surface area contributed by atoms with Crippen LogP contribution in [0.25, 0.3) is 0 Å². The maximum absolute atomic E-state index is 4.18. The normalized spacial score (nSPS) is 16.9. The Labute approximate surface area is 119 Å². The van der Waals surface area contributed by atoms with Crippen molar-refractivity contribution in [2.75, 3.05) is 19.6 Å². The quantitative estimate of drug-likeness (QED) is 0.894. The topological polar surface area (TPSA) is 46.0 Å². The van der Waals surface area contributed by atoms with Gasteiger partial charge in [-0.1, -0.05) is 37.3 Å². The van der Waals surface area contributed by atoms with E-state index in [1.807, 2.05) is 6.33 Å². The summed E-state index contributed by atoms with van der Waals surface area (Å²) in [7, 11) is 0. The molecule has 1 atom stereocenters. The molecule has 2 heterocycles. The molecule has 0 fully saturated rings. The summed E-state index contributed by atoms with van der Waals surface area (Å²) >= 11 is 0. The molecule has 20 heavy (non-hydrogen) atoms. The molecule has 1 aliphatic heterocycles. The predicted molar refractivity (Wildman–Crippen MR) is 78.2 cm³/mol. The molecule has 0 spiro atoms. The fourth-order valence-corrected chi connectivity index (χ4v) is 2.75. The Morgan fingerprint density at radius 2 is 2.10 bits per heavy atom. The molecule has 0 bridgehead atoms. The lowest BCUT2D eigenvalue weighted by Crippen LogP contribution is -2.39. The maximum Gasteiger partial charge on any atom is 0.147 e. The van der Waals surface area contributed by atoms with Crippen LogP contribution in [0.2, 0.25) is 0 Å². The Morgan fingerprint density at radius 1 is 1.25 bits per heavy atom. The second kappa shape index (κ2) is 6.15. The van der Waals surface area contributed by atoms with E-state index in [1.54, 1.807) is 0 Å². The van der Waals surface area contributed by atoms with Gasteiger partial charge in [0.25, 0.3) is 0 Å². The number of likely N-dealkylation sites (N-methyl/N-ethyl adjacent to an activating group) is 1. The van der Waals surface area contributed by atoms with Crippen molar-refractivity contribution in [1.29, 1.82) is 0 Å². The van der Waals surface area contributed by atoms with E-state index in [0.717, 1.165) is 38.5 Å². The van der Waals surface area contributed by atoms with Gasteiger partial charge in [0.15, 0.2) is 0 Å². The number of rotatable bonds is 5. The minimum atomic E-state index is 0.371. The van der Waals surface area contributed by atoms with E-state index in [-0.39, 0.29) is 0 Å². The number of nitrogens with one attached hydrogen (secondary N) is 1. The van der Waals surface area contributed by atoms with Gasteiger partial charge in [-0.05, 0) is 12.1 Å². The van der Waals surface area contributed by atoms with Crippen molar-refractivity contribution in [1.82, 2.24) is 25.0 Å². The van der Waals surface area contributed by atoms with E-state index in [4.69, 9.17) is 0 Å². The van der Waals surface area contributed by atoms with Gasteiger partial charge in [-0.3, -0.25) is 4.90 Å². The maximum atomic E-state index is 4.18. The molecule has 0 aliphatic carbocycles. The zero-order valence-corrected chi connectivity index (χ0v) is 11.9. The number of hydrogen-bond acceptors (Lipinski definition) is 4. The number of hydrogen-bond donors (Lipinski definition) is 1. The first-order valence-corrected chi connectivity index (χ1v) is 7.24. The lowest BCUT2D eigenvalue weighted by atomic mass is 10.1. The van der Waals surface area contributed by atoms with Gasteiger partial charge in [0.05, 0.1) is 6.54 Å². The highest BCUT2D eigenvalue weighted by atomic mass is 15.3. The third kappa shape index (κ3) is 2.89. The van der Waals surface area contributed by atoms with Crippen molar-refractivity contribution in [2.24, 2.45) is 0 Å². The molecule has 1 aromatic carbocycles. The number of aromatic nitrogens is 3. The lowest BCUT2D eigenvalue weighted by Gasteiger charge is -2.31. The monoisotopic (exact) mass is 271 g/mol. The predicted octanol–water partition coefficient (Wildman–Crippen LogP) is 1.44. The van der Waals surface area contributed by atoms with Crippen LogP contribution in [0.1, 0.15) is 24.4 Å². The van der Waals surface area contributed by atoms with Gasteiger partial charge >= 0.3 is 0 Å². The first-order chi connectivity index (χ1) is 9.86. The van der Waals surface area contributed by atoms with Crippen LogP contribution < -0.4 is 5.32 Å². The molecule has 5 nitrogen and oxygen atoms in total. The molecule has 0 saturated heterocycles. The minimum Gasteiger partial charge on any atom is -0.315 e. The van der Waals surface area contributed by atoms with Crippen molar-refractivity contribution in [2.45, 2.75) is 26.1 Å². The summed E-state index contributed by atoms with van der Waals surface area (Å²) in [4.78, 5) is 2.45. The van der Waals surface area contributed by atoms with Crippen LogP contribution in [-0.2, 0) is 13.1 Å². The summed E-state index contributed by atoms with van der Waals surface area (Å²) in [5.74, 6) is 1.07. The second-order valence-corrected chi connectivity index (χ2v) is 5.20. The number of nitrogens with zero attached hydrogens (tertiary/aromatic N) is 4. The molecule has 0 radical (unpaired) electrons. The van der Waals surface area contributed by atoms with E-state index in [2.05, 4.69) is 62.2 Å². The Bertz CT molecular complexity index is 536. The van der Waals surface area contributed by atoms with Gasteiger partial charge < -0.3 is 9.88 Å². The molecule has 1 aromatic heterocycles. The zero-order valence-electron chi connectivity index (χ0n) is 11.9. The van der Waals surface area contributed by atoms with E-state index in [0.29, 0.717) is 6.04 Å². The molecule has 5 heteroatoms. The third-order valence-electron chi connectivity index (χ3n) is 3.81. The number of fused-ring (bicyclic) bond motifs is 1. The molecule has 0 amide bonds. The van der Waals surface area contributed by atoms with Crippen molar-refractivity contribution in [3.8, 4) is 0 Å². The van der Waals surface area contributed by atoms with Crippen LogP contribution in [-0.4, -0.2) is 39.3 Å². The Balaban J connectivity index is 1.69. The summed E-state index contributed by atoms with van der Waals surface area (Å²) < 4.78 is 2.14. The average molecular weight is 271 g/mol. The zero-order chi connectivity index (χ0) is 13.8. The van der Waals surface area contributed by atoms with Crippen molar-refractivity contribution in [3.05, 3.63) is 48.0 Å². The van der Waals surface area contributed by atoms with Crippen LogP contribution in [0.5, 0.6) is 0 Å². The largest absolute Gasteiger partial charge is 0.315 e. The first-order valence-electron chi connectivity index (χ1n) is 7.24. The van der Waals surface area contributed by atoms with Crippen LogP contribution in [0, 0.1) is 0 Å². The minimum absolute atomic E-state index is 0.371. The molecule has 1 unspecified atom stereocenters. The van der Waals surface area contributed by atoms with Crippen molar-refractivity contribution < 1.29 is 0 Å². The Morgan fingerprint density at radius 3 is 2.90 bits per heavy atom. The van der Waals surface area contributed by atoms with Gasteiger partial charge in [0, 0.05) is 25.7 Å². The van der Waals surface area contributed by atoms with Gasteiger partial charge in [0.1, 0.15) is 12.2 Å². The van der Waals surface area contributed by atoms with Crippen LogP contribution in [0.4, 0.5) is 0 Å². The summed E-state index contributed by atoms with van der Waals surface area (Å²) in [6.45, 7) is 7.06. The van der Waals surface area contributed by atoms with E-state index in [9.17, 15) is 0 Å². The number of benzene rings is 1. The highest BCUT2D eigenvalue weighted by molar-refractivity contribution is 5.19. The van der Waals surface area contributed by atoms with Crippen LogP contribution in [0.3, 0.4) is 0 Å². The summed E-state index contributed by atoms with van der Waals surface area (Å²) in [5.41, 5.74) is 1.35. The summed E-state index contributed by atoms with van der Waals surface area (Å²) in [5, 5.41) is 11.7. The standard InChI is InChI=1S/C15H21N5/c1-2-16-14(13-6-4-3-5-7-13)10-19-8-9-20-12-17-18-15(20)11-19/h3-7,12,14,16H,2,8-11H2,1H3. The van der Waals surface area contributed by atoms with Crippen LogP contribution in [0.15, 0.2) is 36.7 Å². The van der Waals surface area contributed by atoms with Crippen LogP contribution >= 0.6 is 0 Å². The smallest absolute Gasteiger partial charge is 0.147 e. The van der Waals surface area contributed by atoms with E-state index in [1.165, 1.54) is 5.56 Å². The van der Waals surface area contributed by atoms with Gasteiger partial charge in [-0.25, -0.2) is 0 Å².